The maximum Gasteiger partial charge on any atom is 0.344 e. The van der Waals surface area contributed by atoms with Gasteiger partial charge in [0.1, 0.15) is 5.75 Å². The number of hydroxylamine groups is 1. The molecule has 3 aromatic rings. The van der Waals surface area contributed by atoms with Gasteiger partial charge >= 0.3 is 6.03 Å². The molecule has 0 spiro atoms. The number of ether oxygens (including phenoxy) is 1. The Labute approximate surface area is 125 Å². The summed E-state index contributed by atoms with van der Waals surface area (Å²) in [5.41, 5.74) is 3.68. The lowest BCUT2D eigenvalue weighted by molar-refractivity contribution is 0.172. The molecule has 0 aliphatic carbocycles. The van der Waals surface area contributed by atoms with Crippen molar-refractivity contribution in [2.24, 2.45) is 0 Å². The number of carbonyl (C=O) groups excluding carboxylic acids is 1. The molecule has 0 saturated heterocycles. The minimum absolute atomic E-state index is 0.279. The first-order chi connectivity index (χ1) is 10.7. The Morgan fingerprint density at radius 1 is 1.32 bits per heavy atom. The lowest BCUT2D eigenvalue weighted by atomic mass is 10.1. The number of nitrogens with one attached hydrogen (secondary N) is 2. The van der Waals surface area contributed by atoms with Crippen LogP contribution < -0.4 is 15.5 Å². The zero-order valence-corrected chi connectivity index (χ0v) is 11.6. The number of hydrogen-bond acceptors (Lipinski definition) is 5. The Morgan fingerprint density at radius 3 is 2.95 bits per heavy atom. The molecular formula is C14H13N5O3. The average molecular weight is 299 g/mol. The zero-order chi connectivity index (χ0) is 15.5. The van der Waals surface area contributed by atoms with Crippen LogP contribution in [0.5, 0.6) is 5.75 Å². The predicted octanol–water partition coefficient (Wildman–Crippen LogP) is 1.92. The number of fused-ring (bicyclic) bond motifs is 1. The highest BCUT2D eigenvalue weighted by molar-refractivity contribution is 5.87. The van der Waals surface area contributed by atoms with Gasteiger partial charge in [-0.05, 0) is 24.3 Å². The van der Waals surface area contributed by atoms with Crippen LogP contribution in [0.3, 0.4) is 0 Å². The number of imidazole rings is 1. The van der Waals surface area contributed by atoms with Crippen LogP contribution in [0.1, 0.15) is 0 Å². The van der Waals surface area contributed by atoms with Crippen molar-refractivity contribution in [3.63, 3.8) is 0 Å². The normalized spacial score (nSPS) is 10.5. The molecule has 0 aliphatic heterocycles. The van der Waals surface area contributed by atoms with Crippen molar-refractivity contribution in [2.75, 3.05) is 12.4 Å². The van der Waals surface area contributed by atoms with Crippen LogP contribution in [0.15, 0.2) is 42.6 Å². The zero-order valence-electron chi connectivity index (χ0n) is 11.6. The molecule has 0 unspecified atom stereocenters. The summed E-state index contributed by atoms with van der Waals surface area (Å²) in [4.78, 5) is 15.2. The lowest BCUT2D eigenvalue weighted by Gasteiger charge is -2.04. The second-order valence-corrected chi connectivity index (χ2v) is 4.45. The SMILES string of the molecule is COc1cccc(-c2ccc3nc(NC(=O)NO)cn3n2)c1. The van der Waals surface area contributed by atoms with E-state index in [1.165, 1.54) is 5.48 Å². The highest BCUT2D eigenvalue weighted by Gasteiger charge is 2.08. The average Bonchev–Trinajstić information content (AvgIpc) is 2.95. The Hall–Kier alpha value is -3.13. The maximum absolute atomic E-state index is 11.1. The van der Waals surface area contributed by atoms with E-state index in [-0.39, 0.29) is 5.82 Å². The quantitative estimate of drug-likeness (QED) is 0.506. The molecule has 22 heavy (non-hydrogen) atoms. The summed E-state index contributed by atoms with van der Waals surface area (Å²) in [5.74, 6) is 1.02. The molecule has 0 radical (unpaired) electrons. The number of hydrogen-bond donors (Lipinski definition) is 3. The van der Waals surface area contributed by atoms with Crippen LogP contribution in [0, 0.1) is 0 Å². The number of amides is 2. The van der Waals surface area contributed by atoms with Crippen LogP contribution in [0.4, 0.5) is 10.6 Å². The van der Waals surface area contributed by atoms with Crippen molar-refractivity contribution < 1.29 is 14.7 Å². The molecule has 1 aromatic carbocycles. The van der Waals surface area contributed by atoms with E-state index in [4.69, 9.17) is 9.94 Å². The van der Waals surface area contributed by atoms with Gasteiger partial charge in [-0.1, -0.05) is 12.1 Å². The van der Waals surface area contributed by atoms with Gasteiger partial charge in [-0.25, -0.2) is 19.8 Å². The minimum atomic E-state index is -0.767. The van der Waals surface area contributed by atoms with E-state index in [9.17, 15) is 4.79 Å². The van der Waals surface area contributed by atoms with Crippen molar-refractivity contribution in [3.05, 3.63) is 42.6 Å². The summed E-state index contributed by atoms with van der Waals surface area (Å²) in [5, 5.41) is 15.3. The molecule has 0 bridgehead atoms. The van der Waals surface area contributed by atoms with E-state index >= 15 is 0 Å². The highest BCUT2D eigenvalue weighted by atomic mass is 16.5. The number of methoxy groups -OCH3 is 1. The monoisotopic (exact) mass is 299 g/mol. The van der Waals surface area contributed by atoms with Crippen LogP contribution in [0.25, 0.3) is 16.9 Å². The molecule has 0 fully saturated rings. The minimum Gasteiger partial charge on any atom is -0.497 e. The van der Waals surface area contributed by atoms with Gasteiger partial charge in [0.2, 0.25) is 0 Å². The van der Waals surface area contributed by atoms with Crippen LogP contribution in [-0.2, 0) is 0 Å². The topological polar surface area (TPSA) is 101 Å². The van der Waals surface area contributed by atoms with Crippen molar-refractivity contribution >= 4 is 17.5 Å². The fourth-order valence-corrected chi connectivity index (χ4v) is 2.02. The molecule has 112 valence electrons. The highest BCUT2D eigenvalue weighted by Crippen LogP contribution is 2.22. The molecule has 2 aromatic heterocycles. The third kappa shape index (κ3) is 2.67. The lowest BCUT2D eigenvalue weighted by Crippen LogP contribution is -2.25. The maximum atomic E-state index is 11.1. The van der Waals surface area contributed by atoms with Crippen LogP contribution in [-0.4, -0.2) is 32.9 Å². The second-order valence-electron chi connectivity index (χ2n) is 4.45. The number of anilines is 1. The molecule has 3 rings (SSSR count). The van der Waals surface area contributed by atoms with Crippen molar-refractivity contribution in [1.82, 2.24) is 20.1 Å². The van der Waals surface area contributed by atoms with Gasteiger partial charge in [0, 0.05) is 5.56 Å². The number of nitrogens with zero attached hydrogens (tertiary/aromatic N) is 3. The van der Waals surface area contributed by atoms with Gasteiger partial charge in [-0.3, -0.25) is 10.5 Å². The number of rotatable bonds is 3. The van der Waals surface area contributed by atoms with E-state index < -0.39 is 6.03 Å². The van der Waals surface area contributed by atoms with Crippen molar-refractivity contribution in [1.29, 1.82) is 0 Å². The largest absolute Gasteiger partial charge is 0.497 e. The van der Waals surface area contributed by atoms with E-state index in [0.29, 0.717) is 5.65 Å². The van der Waals surface area contributed by atoms with Gasteiger partial charge in [-0.15, -0.1) is 0 Å². The van der Waals surface area contributed by atoms with Gasteiger partial charge < -0.3 is 4.74 Å². The molecule has 8 nitrogen and oxygen atoms in total. The fourth-order valence-electron chi connectivity index (χ4n) is 2.02. The van der Waals surface area contributed by atoms with Gasteiger partial charge in [0.05, 0.1) is 19.0 Å². The molecule has 0 atom stereocenters. The molecule has 0 aliphatic rings. The van der Waals surface area contributed by atoms with Crippen molar-refractivity contribution in [2.45, 2.75) is 0 Å². The Balaban J connectivity index is 1.96. The first kappa shape index (κ1) is 13.8. The number of aromatic nitrogens is 3. The molecule has 8 heteroatoms. The van der Waals surface area contributed by atoms with Crippen LogP contribution in [0.2, 0.25) is 0 Å². The molecule has 3 N–H and O–H groups in total. The third-order valence-electron chi connectivity index (χ3n) is 3.03. The van der Waals surface area contributed by atoms with E-state index in [1.54, 1.807) is 23.9 Å². The predicted molar refractivity (Wildman–Crippen MR) is 78.9 cm³/mol. The Bertz CT molecular complexity index is 830. The summed E-state index contributed by atoms with van der Waals surface area (Å²) in [6, 6.07) is 10.4. The summed E-state index contributed by atoms with van der Waals surface area (Å²) in [6.45, 7) is 0. The number of urea groups is 1. The molecular weight excluding hydrogens is 286 g/mol. The first-order valence-corrected chi connectivity index (χ1v) is 6.41. The molecule has 0 saturated carbocycles. The van der Waals surface area contributed by atoms with Gasteiger partial charge in [0.15, 0.2) is 11.5 Å². The van der Waals surface area contributed by atoms with Crippen LogP contribution >= 0.6 is 0 Å². The standard InChI is InChI=1S/C14H13N5O3/c1-22-10-4-2-3-9(7-10)11-5-6-13-15-12(8-19(13)17-11)16-14(20)18-21/h2-8,21H,1H3,(H2,16,18,20). The van der Waals surface area contributed by atoms with Gasteiger partial charge in [-0.2, -0.15) is 5.10 Å². The van der Waals surface area contributed by atoms with E-state index in [2.05, 4.69) is 15.4 Å². The summed E-state index contributed by atoms with van der Waals surface area (Å²) in [7, 11) is 1.61. The van der Waals surface area contributed by atoms with E-state index in [1.807, 2.05) is 30.3 Å². The summed E-state index contributed by atoms with van der Waals surface area (Å²) >= 11 is 0. The Kier molecular flexibility index (Phi) is 3.58. The fraction of sp³-hybridized carbons (Fsp3) is 0.0714. The number of carbonyl (C=O) groups is 1. The smallest absolute Gasteiger partial charge is 0.344 e. The number of benzene rings is 1. The third-order valence-corrected chi connectivity index (χ3v) is 3.03. The first-order valence-electron chi connectivity index (χ1n) is 6.41. The van der Waals surface area contributed by atoms with E-state index in [0.717, 1.165) is 17.0 Å². The Morgan fingerprint density at radius 2 is 2.18 bits per heavy atom. The molecule has 2 amide bonds. The van der Waals surface area contributed by atoms with Crippen molar-refractivity contribution in [3.8, 4) is 17.0 Å². The second kappa shape index (κ2) is 5.70. The summed E-state index contributed by atoms with van der Waals surface area (Å²) in [6.07, 6.45) is 1.55. The van der Waals surface area contributed by atoms with Gasteiger partial charge in [0.25, 0.3) is 0 Å². The summed E-state index contributed by atoms with van der Waals surface area (Å²) < 4.78 is 6.74. The molecule has 2 heterocycles.